The fourth-order valence-corrected chi connectivity index (χ4v) is 3.56. The van der Waals surface area contributed by atoms with E-state index >= 15 is 0 Å². The van der Waals surface area contributed by atoms with Crippen molar-refractivity contribution in [3.8, 4) is 0 Å². The number of aliphatic hydroxyl groups is 1. The number of aliphatic hydroxyl groups excluding tert-OH is 1. The third-order valence-corrected chi connectivity index (χ3v) is 5.45. The first-order chi connectivity index (χ1) is 9.97. The fraction of sp³-hybridized carbons (Fsp3) is 0.667. The number of amides is 2. The zero-order chi connectivity index (χ0) is 15.8. The summed E-state index contributed by atoms with van der Waals surface area (Å²) in [6.07, 6.45) is 2.85. The second kappa shape index (κ2) is 9.33. The number of carbonyl (C=O) groups excluding carboxylic acids is 1. The predicted octanol–water partition coefficient (Wildman–Crippen LogP) is 3.25. The number of hydrogen-bond acceptors (Lipinski definition) is 4. The Kier molecular flexibility index (Phi) is 8.14. The van der Waals surface area contributed by atoms with Gasteiger partial charge in [0.25, 0.3) is 0 Å². The lowest BCUT2D eigenvalue weighted by molar-refractivity contribution is 0.227. The Balaban J connectivity index is 2.60. The van der Waals surface area contributed by atoms with Crippen LogP contribution in [0.2, 0.25) is 0 Å². The first-order valence-corrected chi connectivity index (χ1v) is 9.38. The smallest absolute Gasteiger partial charge is 0.315 e. The molecule has 3 unspecified atom stereocenters. The standard InChI is InChI=1S/C15H26N2O2S2/c1-10(2)8-12(13-6-5-7-21-13)17-15(19)16-11(3)14(9-18)20-4/h5-7,10-12,14,18H,8-9H2,1-4H3,(H2,16,17,19). The van der Waals surface area contributed by atoms with Crippen molar-refractivity contribution in [2.75, 3.05) is 12.9 Å². The van der Waals surface area contributed by atoms with Gasteiger partial charge in [-0.2, -0.15) is 11.8 Å². The largest absolute Gasteiger partial charge is 0.395 e. The molecule has 3 N–H and O–H groups in total. The highest BCUT2D eigenvalue weighted by molar-refractivity contribution is 7.99. The third kappa shape index (κ3) is 6.28. The van der Waals surface area contributed by atoms with Crippen LogP contribution in [0.4, 0.5) is 4.79 Å². The molecule has 2 amide bonds. The second-order valence-corrected chi connectivity index (χ2v) is 7.62. The molecule has 1 aromatic rings. The van der Waals surface area contributed by atoms with E-state index in [4.69, 9.17) is 0 Å². The molecule has 0 fully saturated rings. The molecule has 1 rings (SSSR count). The van der Waals surface area contributed by atoms with Gasteiger partial charge in [-0.1, -0.05) is 19.9 Å². The van der Waals surface area contributed by atoms with E-state index in [9.17, 15) is 9.90 Å². The summed E-state index contributed by atoms with van der Waals surface area (Å²) < 4.78 is 0. The van der Waals surface area contributed by atoms with Gasteiger partial charge in [0.2, 0.25) is 0 Å². The summed E-state index contributed by atoms with van der Waals surface area (Å²) in [5.74, 6) is 0.506. The van der Waals surface area contributed by atoms with E-state index in [1.54, 1.807) is 23.1 Å². The van der Waals surface area contributed by atoms with Crippen LogP contribution >= 0.6 is 23.1 Å². The Morgan fingerprint density at radius 2 is 2.10 bits per heavy atom. The topological polar surface area (TPSA) is 61.4 Å². The average Bonchev–Trinajstić information content (AvgIpc) is 2.92. The highest BCUT2D eigenvalue weighted by Crippen LogP contribution is 2.25. The van der Waals surface area contributed by atoms with Crippen molar-refractivity contribution in [2.45, 2.75) is 44.5 Å². The average molecular weight is 331 g/mol. The van der Waals surface area contributed by atoms with Gasteiger partial charge >= 0.3 is 6.03 Å². The predicted molar refractivity (Wildman–Crippen MR) is 92.0 cm³/mol. The normalized spacial score (nSPS) is 15.5. The van der Waals surface area contributed by atoms with E-state index < -0.39 is 0 Å². The quantitative estimate of drug-likeness (QED) is 0.686. The van der Waals surface area contributed by atoms with E-state index in [2.05, 4.69) is 30.5 Å². The summed E-state index contributed by atoms with van der Waals surface area (Å²) in [5, 5.41) is 17.3. The highest BCUT2D eigenvalue weighted by Gasteiger charge is 2.21. The van der Waals surface area contributed by atoms with E-state index in [0.717, 1.165) is 6.42 Å². The van der Waals surface area contributed by atoms with Crippen molar-refractivity contribution in [3.63, 3.8) is 0 Å². The monoisotopic (exact) mass is 330 g/mol. The summed E-state index contributed by atoms with van der Waals surface area (Å²) in [4.78, 5) is 13.3. The first-order valence-electron chi connectivity index (χ1n) is 7.22. The number of rotatable bonds is 8. The Hall–Kier alpha value is -0.720. The molecule has 0 aliphatic carbocycles. The lowest BCUT2D eigenvalue weighted by Gasteiger charge is -2.24. The number of nitrogens with one attached hydrogen (secondary N) is 2. The molecule has 120 valence electrons. The summed E-state index contributed by atoms with van der Waals surface area (Å²) in [5.41, 5.74) is 0. The summed E-state index contributed by atoms with van der Waals surface area (Å²) >= 11 is 3.22. The lowest BCUT2D eigenvalue weighted by Crippen LogP contribution is -2.47. The highest BCUT2D eigenvalue weighted by atomic mass is 32.2. The van der Waals surface area contributed by atoms with Gasteiger partial charge in [0.05, 0.1) is 12.6 Å². The minimum absolute atomic E-state index is 0.0148. The van der Waals surface area contributed by atoms with Gasteiger partial charge in [0.1, 0.15) is 0 Å². The summed E-state index contributed by atoms with van der Waals surface area (Å²) in [6.45, 7) is 6.28. The molecule has 0 aliphatic heterocycles. The van der Waals surface area contributed by atoms with Gasteiger partial charge in [0, 0.05) is 16.2 Å². The van der Waals surface area contributed by atoms with E-state index in [-0.39, 0.29) is 30.0 Å². The van der Waals surface area contributed by atoms with E-state index in [1.165, 1.54) is 4.88 Å². The van der Waals surface area contributed by atoms with Crippen LogP contribution in [0.1, 0.15) is 38.1 Å². The molecule has 1 heterocycles. The Labute approximate surface area is 135 Å². The first kappa shape index (κ1) is 18.3. The number of hydrogen-bond donors (Lipinski definition) is 3. The Morgan fingerprint density at radius 1 is 1.38 bits per heavy atom. The van der Waals surface area contributed by atoms with Crippen LogP contribution in [0.25, 0.3) is 0 Å². The van der Waals surface area contributed by atoms with Crippen LogP contribution in [0, 0.1) is 5.92 Å². The van der Waals surface area contributed by atoms with E-state index in [0.29, 0.717) is 5.92 Å². The van der Waals surface area contributed by atoms with E-state index in [1.807, 2.05) is 24.6 Å². The number of thiophene rings is 1. The molecule has 0 aliphatic rings. The number of thioether (sulfide) groups is 1. The van der Waals surface area contributed by atoms with Gasteiger partial charge < -0.3 is 15.7 Å². The lowest BCUT2D eigenvalue weighted by atomic mass is 10.0. The molecule has 0 spiro atoms. The van der Waals surface area contributed by atoms with Crippen molar-refractivity contribution in [2.24, 2.45) is 5.92 Å². The van der Waals surface area contributed by atoms with Crippen LogP contribution in [0.3, 0.4) is 0 Å². The van der Waals surface area contributed by atoms with Crippen molar-refractivity contribution >= 4 is 29.1 Å². The van der Waals surface area contributed by atoms with Crippen LogP contribution in [-0.4, -0.2) is 35.3 Å². The van der Waals surface area contributed by atoms with Gasteiger partial charge in [-0.15, -0.1) is 11.3 Å². The summed E-state index contributed by atoms with van der Waals surface area (Å²) in [6, 6.07) is 3.85. The van der Waals surface area contributed by atoms with Gasteiger partial charge in [-0.25, -0.2) is 4.79 Å². The van der Waals surface area contributed by atoms with Gasteiger partial charge in [-0.3, -0.25) is 0 Å². The minimum atomic E-state index is -0.172. The number of urea groups is 1. The SMILES string of the molecule is CSC(CO)C(C)NC(=O)NC(CC(C)C)c1cccs1. The zero-order valence-electron chi connectivity index (χ0n) is 13.1. The van der Waals surface area contributed by atoms with Crippen molar-refractivity contribution in [1.29, 1.82) is 0 Å². The Bertz CT molecular complexity index is 406. The maximum absolute atomic E-state index is 12.2. The van der Waals surface area contributed by atoms with Crippen LogP contribution in [0.15, 0.2) is 17.5 Å². The maximum atomic E-state index is 12.2. The maximum Gasteiger partial charge on any atom is 0.315 e. The molecule has 0 aromatic carbocycles. The van der Waals surface area contributed by atoms with Crippen LogP contribution < -0.4 is 10.6 Å². The molecule has 21 heavy (non-hydrogen) atoms. The molecule has 4 nitrogen and oxygen atoms in total. The molecule has 0 saturated carbocycles. The molecule has 3 atom stereocenters. The van der Waals surface area contributed by atoms with Crippen LogP contribution in [-0.2, 0) is 0 Å². The fourth-order valence-electron chi connectivity index (χ4n) is 2.14. The zero-order valence-corrected chi connectivity index (χ0v) is 14.8. The van der Waals surface area contributed by atoms with Gasteiger partial charge in [-0.05, 0) is 37.0 Å². The Morgan fingerprint density at radius 3 is 2.57 bits per heavy atom. The molecule has 6 heteroatoms. The molecule has 0 bridgehead atoms. The third-order valence-electron chi connectivity index (χ3n) is 3.30. The molecule has 0 radical (unpaired) electrons. The molecule has 1 aromatic heterocycles. The molecular weight excluding hydrogens is 304 g/mol. The second-order valence-electron chi connectivity index (χ2n) is 5.56. The number of carbonyl (C=O) groups is 1. The van der Waals surface area contributed by atoms with Crippen molar-refractivity contribution < 1.29 is 9.90 Å². The molecule has 0 saturated heterocycles. The summed E-state index contributed by atoms with van der Waals surface area (Å²) in [7, 11) is 0. The van der Waals surface area contributed by atoms with Crippen LogP contribution in [0.5, 0.6) is 0 Å². The molecular formula is C15H26N2O2S2. The van der Waals surface area contributed by atoms with Gasteiger partial charge in [0.15, 0.2) is 0 Å². The van der Waals surface area contributed by atoms with Crippen molar-refractivity contribution in [3.05, 3.63) is 22.4 Å². The minimum Gasteiger partial charge on any atom is -0.395 e. The van der Waals surface area contributed by atoms with Crippen molar-refractivity contribution in [1.82, 2.24) is 10.6 Å².